The number of nitrogens with one attached hydrogen (secondary N) is 2. The minimum Gasteiger partial charge on any atom is -0.376 e. The summed E-state index contributed by atoms with van der Waals surface area (Å²) in [5.74, 6) is -0.247. The molecule has 0 unspecified atom stereocenters. The number of aromatic nitrogens is 1. The SMILES string of the molecule is CN[C@@H](C)C(=O)Nc1ccc(-c2ccccc2)n(CCOC2Cc3ccccc3C2)c1=O. The lowest BCUT2D eigenvalue weighted by atomic mass is 10.1. The second-order valence-corrected chi connectivity index (χ2v) is 8.12. The average molecular weight is 432 g/mol. The van der Waals surface area contributed by atoms with Crippen molar-refractivity contribution in [3.05, 3.63) is 88.2 Å². The number of carbonyl (C=O) groups excluding carboxylic acids is 1. The van der Waals surface area contributed by atoms with Crippen molar-refractivity contribution < 1.29 is 9.53 Å². The van der Waals surface area contributed by atoms with Crippen LogP contribution in [0.5, 0.6) is 0 Å². The highest BCUT2D eigenvalue weighted by Crippen LogP contribution is 2.24. The average Bonchev–Trinajstić information content (AvgIpc) is 3.24. The molecule has 0 radical (unpaired) electrons. The summed E-state index contributed by atoms with van der Waals surface area (Å²) in [6, 6.07) is 21.3. The Morgan fingerprint density at radius 1 is 1.03 bits per heavy atom. The number of likely N-dealkylation sites (N-methyl/N-ethyl adjacent to an activating group) is 1. The fourth-order valence-corrected chi connectivity index (χ4v) is 4.08. The van der Waals surface area contributed by atoms with Crippen LogP contribution in [-0.2, 0) is 28.9 Å². The second kappa shape index (κ2) is 9.94. The summed E-state index contributed by atoms with van der Waals surface area (Å²) in [7, 11) is 1.71. The first-order chi connectivity index (χ1) is 15.6. The highest BCUT2D eigenvalue weighted by Gasteiger charge is 2.22. The van der Waals surface area contributed by atoms with E-state index in [1.54, 1.807) is 24.6 Å². The smallest absolute Gasteiger partial charge is 0.274 e. The van der Waals surface area contributed by atoms with Crippen LogP contribution in [0.3, 0.4) is 0 Å². The van der Waals surface area contributed by atoms with E-state index in [2.05, 4.69) is 34.9 Å². The standard InChI is InChI=1S/C26H29N3O3/c1-18(27-2)25(30)28-23-12-13-24(19-8-4-3-5-9-19)29(26(23)31)14-15-32-22-16-20-10-6-7-11-21(20)17-22/h3-13,18,22,27H,14-17H2,1-2H3,(H,28,30)/t18-/m0/s1. The molecule has 0 saturated carbocycles. The number of fused-ring (bicyclic) bond motifs is 1. The van der Waals surface area contributed by atoms with Crippen LogP contribution in [0.2, 0.25) is 0 Å². The summed E-state index contributed by atoms with van der Waals surface area (Å²) in [4.78, 5) is 25.6. The molecular formula is C26H29N3O3. The highest BCUT2D eigenvalue weighted by atomic mass is 16.5. The van der Waals surface area contributed by atoms with Crippen molar-refractivity contribution in [2.45, 2.75) is 38.5 Å². The Balaban J connectivity index is 1.53. The molecule has 0 saturated heterocycles. The molecule has 3 aromatic rings. The fourth-order valence-electron chi connectivity index (χ4n) is 4.08. The molecule has 1 atom stereocenters. The van der Waals surface area contributed by atoms with Crippen LogP contribution in [0.1, 0.15) is 18.1 Å². The Kier molecular flexibility index (Phi) is 6.83. The van der Waals surface area contributed by atoms with E-state index in [-0.39, 0.29) is 23.3 Å². The van der Waals surface area contributed by atoms with Gasteiger partial charge in [0, 0.05) is 6.54 Å². The van der Waals surface area contributed by atoms with Gasteiger partial charge in [-0.1, -0.05) is 54.6 Å². The van der Waals surface area contributed by atoms with Crippen LogP contribution in [-0.4, -0.2) is 36.3 Å². The van der Waals surface area contributed by atoms with Gasteiger partial charge in [0.1, 0.15) is 5.69 Å². The van der Waals surface area contributed by atoms with Gasteiger partial charge in [0.2, 0.25) is 5.91 Å². The normalized spacial score (nSPS) is 14.2. The number of hydrogen-bond donors (Lipinski definition) is 2. The van der Waals surface area contributed by atoms with Crippen LogP contribution in [0.25, 0.3) is 11.3 Å². The van der Waals surface area contributed by atoms with E-state index in [0.717, 1.165) is 24.1 Å². The number of ether oxygens (including phenoxy) is 1. The lowest BCUT2D eigenvalue weighted by Gasteiger charge is -2.18. The second-order valence-electron chi connectivity index (χ2n) is 8.12. The van der Waals surface area contributed by atoms with E-state index in [1.165, 1.54) is 11.1 Å². The predicted octanol–water partition coefficient (Wildman–Crippen LogP) is 3.25. The van der Waals surface area contributed by atoms with E-state index in [1.807, 2.05) is 36.4 Å². The topological polar surface area (TPSA) is 72.4 Å². The number of carbonyl (C=O) groups is 1. The third-order valence-electron chi connectivity index (χ3n) is 6.01. The van der Waals surface area contributed by atoms with Crippen molar-refractivity contribution in [3.63, 3.8) is 0 Å². The molecule has 6 heteroatoms. The van der Waals surface area contributed by atoms with Gasteiger partial charge in [-0.25, -0.2) is 0 Å². The van der Waals surface area contributed by atoms with Crippen molar-refractivity contribution in [1.29, 1.82) is 0 Å². The maximum Gasteiger partial charge on any atom is 0.274 e. The number of rotatable bonds is 8. The molecule has 1 aliphatic rings. The van der Waals surface area contributed by atoms with Gasteiger partial charge in [0.15, 0.2) is 0 Å². The molecular weight excluding hydrogens is 402 g/mol. The van der Waals surface area contributed by atoms with Gasteiger partial charge in [-0.05, 0) is 55.6 Å². The number of pyridine rings is 1. The Labute approximate surface area is 188 Å². The van der Waals surface area contributed by atoms with E-state index in [9.17, 15) is 9.59 Å². The molecule has 0 spiro atoms. The van der Waals surface area contributed by atoms with Crippen LogP contribution in [0.4, 0.5) is 5.69 Å². The number of benzene rings is 2. The molecule has 0 bridgehead atoms. The highest BCUT2D eigenvalue weighted by molar-refractivity contribution is 5.94. The van der Waals surface area contributed by atoms with Gasteiger partial charge >= 0.3 is 0 Å². The maximum absolute atomic E-state index is 13.3. The molecule has 1 amide bonds. The van der Waals surface area contributed by atoms with Gasteiger partial charge in [-0.15, -0.1) is 0 Å². The molecule has 0 aliphatic heterocycles. The van der Waals surface area contributed by atoms with E-state index in [0.29, 0.717) is 13.2 Å². The number of nitrogens with zero attached hydrogens (tertiary/aromatic N) is 1. The summed E-state index contributed by atoms with van der Waals surface area (Å²) in [6.07, 6.45) is 1.92. The zero-order valence-electron chi connectivity index (χ0n) is 18.5. The lowest BCUT2D eigenvalue weighted by Crippen LogP contribution is -2.38. The van der Waals surface area contributed by atoms with Gasteiger partial charge in [-0.2, -0.15) is 0 Å². The van der Waals surface area contributed by atoms with Crippen molar-refractivity contribution in [1.82, 2.24) is 9.88 Å². The van der Waals surface area contributed by atoms with Crippen LogP contribution < -0.4 is 16.2 Å². The van der Waals surface area contributed by atoms with E-state index in [4.69, 9.17) is 4.74 Å². The quantitative estimate of drug-likeness (QED) is 0.574. The number of amides is 1. The number of anilines is 1. The summed E-state index contributed by atoms with van der Waals surface area (Å²) in [6.45, 7) is 2.57. The van der Waals surface area contributed by atoms with Crippen LogP contribution in [0.15, 0.2) is 71.5 Å². The monoisotopic (exact) mass is 431 g/mol. The molecule has 2 aromatic carbocycles. The molecule has 4 rings (SSSR count). The van der Waals surface area contributed by atoms with Gasteiger partial charge in [0.05, 0.1) is 24.4 Å². The van der Waals surface area contributed by atoms with Crippen molar-refractivity contribution >= 4 is 11.6 Å². The summed E-state index contributed by atoms with van der Waals surface area (Å²) >= 11 is 0. The zero-order valence-corrected chi connectivity index (χ0v) is 18.5. The summed E-state index contributed by atoms with van der Waals surface area (Å²) in [5.41, 5.74) is 4.45. The molecule has 6 nitrogen and oxygen atoms in total. The fraction of sp³-hybridized carbons (Fsp3) is 0.308. The summed E-state index contributed by atoms with van der Waals surface area (Å²) < 4.78 is 7.85. The van der Waals surface area contributed by atoms with Gasteiger partial charge in [0.25, 0.3) is 5.56 Å². The van der Waals surface area contributed by atoms with Crippen molar-refractivity contribution in [3.8, 4) is 11.3 Å². The molecule has 1 heterocycles. The van der Waals surface area contributed by atoms with Crippen molar-refractivity contribution in [2.75, 3.05) is 19.0 Å². The van der Waals surface area contributed by atoms with Gasteiger partial charge < -0.3 is 19.9 Å². The first-order valence-electron chi connectivity index (χ1n) is 11.0. The minimum absolute atomic E-state index is 0.127. The Hall–Kier alpha value is -3.22. The zero-order chi connectivity index (χ0) is 22.5. The van der Waals surface area contributed by atoms with Crippen LogP contribution in [0, 0.1) is 0 Å². The van der Waals surface area contributed by atoms with Gasteiger partial charge in [-0.3, -0.25) is 9.59 Å². The maximum atomic E-state index is 13.3. The third kappa shape index (κ3) is 4.82. The third-order valence-corrected chi connectivity index (χ3v) is 6.01. The summed E-state index contributed by atoms with van der Waals surface area (Å²) in [5, 5.41) is 5.64. The molecule has 166 valence electrons. The molecule has 0 fully saturated rings. The predicted molar refractivity (Wildman–Crippen MR) is 127 cm³/mol. The molecule has 32 heavy (non-hydrogen) atoms. The van der Waals surface area contributed by atoms with E-state index >= 15 is 0 Å². The molecule has 2 N–H and O–H groups in total. The molecule has 1 aliphatic carbocycles. The number of hydrogen-bond acceptors (Lipinski definition) is 4. The minimum atomic E-state index is -0.399. The Morgan fingerprint density at radius 2 is 1.69 bits per heavy atom. The largest absolute Gasteiger partial charge is 0.376 e. The molecule has 1 aromatic heterocycles. The Bertz CT molecular complexity index is 1120. The lowest BCUT2D eigenvalue weighted by molar-refractivity contribution is -0.117. The van der Waals surface area contributed by atoms with Crippen LogP contribution >= 0.6 is 0 Å². The van der Waals surface area contributed by atoms with Crippen molar-refractivity contribution in [2.24, 2.45) is 0 Å². The first kappa shape index (κ1) is 22.0. The first-order valence-corrected chi connectivity index (χ1v) is 11.0. The van der Waals surface area contributed by atoms with E-state index < -0.39 is 6.04 Å². The Morgan fingerprint density at radius 3 is 2.34 bits per heavy atom.